The van der Waals surface area contributed by atoms with Gasteiger partial charge in [-0.3, -0.25) is 9.69 Å². The van der Waals surface area contributed by atoms with Crippen molar-refractivity contribution in [2.24, 2.45) is 0 Å². The van der Waals surface area contributed by atoms with Gasteiger partial charge < -0.3 is 10.1 Å². The first kappa shape index (κ1) is 23.0. The summed E-state index contributed by atoms with van der Waals surface area (Å²) >= 11 is 1.57. The average molecular weight is 438 g/mol. The first-order valence-electron chi connectivity index (χ1n) is 10.7. The van der Waals surface area contributed by atoms with E-state index in [0.29, 0.717) is 6.54 Å². The molecule has 3 rings (SSSR count). The summed E-state index contributed by atoms with van der Waals surface area (Å²) in [6.07, 6.45) is 0.283. The zero-order valence-corrected chi connectivity index (χ0v) is 19.5. The third-order valence-electron chi connectivity index (χ3n) is 5.42. The standard InChI is InChI=1S/C25H31N3O2S/c1-5-28(6-2)23(20-8-7-9-22(14-20)30-4)16-26-24(29)15-21-17-31-25(27-21)19-12-10-18(3)11-13-19/h7-14,17,23H,5-6,15-16H2,1-4H3,(H,26,29). The first-order valence-corrected chi connectivity index (χ1v) is 11.6. The average Bonchev–Trinajstić information content (AvgIpc) is 3.25. The molecule has 3 aromatic rings. The highest BCUT2D eigenvalue weighted by Crippen LogP contribution is 2.25. The van der Waals surface area contributed by atoms with Crippen LogP contribution in [0.25, 0.3) is 10.6 Å². The number of thiazole rings is 1. The fraction of sp³-hybridized carbons (Fsp3) is 0.360. The van der Waals surface area contributed by atoms with E-state index in [-0.39, 0.29) is 18.4 Å². The summed E-state index contributed by atoms with van der Waals surface area (Å²) in [4.78, 5) is 19.7. The van der Waals surface area contributed by atoms with Crippen molar-refractivity contribution in [3.8, 4) is 16.3 Å². The second-order valence-electron chi connectivity index (χ2n) is 7.50. The number of benzene rings is 2. The van der Waals surface area contributed by atoms with Crippen LogP contribution in [-0.4, -0.2) is 42.5 Å². The van der Waals surface area contributed by atoms with Gasteiger partial charge in [0.1, 0.15) is 10.8 Å². The van der Waals surface area contributed by atoms with Gasteiger partial charge in [0, 0.05) is 17.5 Å². The third-order valence-corrected chi connectivity index (χ3v) is 6.36. The minimum atomic E-state index is -0.0131. The van der Waals surface area contributed by atoms with E-state index in [1.807, 2.05) is 23.6 Å². The summed E-state index contributed by atoms with van der Waals surface area (Å²) in [7, 11) is 1.67. The number of ether oxygens (including phenoxy) is 1. The van der Waals surface area contributed by atoms with E-state index < -0.39 is 0 Å². The van der Waals surface area contributed by atoms with Crippen LogP contribution in [0.15, 0.2) is 53.9 Å². The van der Waals surface area contributed by atoms with Crippen LogP contribution in [0.3, 0.4) is 0 Å². The number of aryl methyl sites for hydroxylation is 1. The number of amides is 1. The summed E-state index contributed by atoms with van der Waals surface area (Å²) in [5.41, 5.74) is 4.25. The molecule has 164 valence electrons. The van der Waals surface area contributed by atoms with Crippen LogP contribution in [0.4, 0.5) is 0 Å². The highest BCUT2D eigenvalue weighted by molar-refractivity contribution is 7.13. The van der Waals surface area contributed by atoms with Crippen molar-refractivity contribution in [3.05, 3.63) is 70.7 Å². The Morgan fingerprint density at radius 3 is 2.58 bits per heavy atom. The van der Waals surface area contributed by atoms with E-state index in [2.05, 4.69) is 66.3 Å². The fourth-order valence-electron chi connectivity index (χ4n) is 3.63. The lowest BCUT2D eigenvalue weighted by Gasteiger charge is -2.30. The number of nitrogens with zero attached hydrogens (tertiary/aromatic N) is 2. The van der Waals surface area contributed by atoms with Crippen molar-refractivity contribution in [1.29, 1.82) is 0 Å². The first-order chi connectivity index (χ1) is 15.0. The third kappa shape index (κ3) is 6.15. The molecule has 0 saturated heterocycles. The van der Waals surface area contributed by atoms with Gasteiger partial charge in [0.15, 0.2) is 0 Å². The molecule has 1 aromatic heterocycles. The molecule has 1 N–H and O–H groups in total. The second-order valence-corrected chi connectivity index (χ2v) is 8.36. The van der Waals surface area contributed by atoms with Crippen molar-refractivity contribution in [3.63, 3.8) is 0 Å². The molecular weight excluding hydrogens is 406 g/mol. The number of aromatic nitrogens is 1. The number of hydrogen-bond donors (Lipinski definition) is 1. The van der Waals surface area contributed by atoms with Crippen LogP contribution in [0.1, 0.15) is 36.7 Å². The van der Waals surface area contributed by atoms with Crippen LogP contribution >= 0.6 is 11.3 Å². The summed E-state index contributed by atoms with van der Waals surface area (Å²) in [5.74, 6) is 0.813. The molecule has 0 aliphatic heterocycles. The zero-order chi connectivity index (χ0) is 22.2. The summed E-state index contributed by atoms with van der Waals surface area (Å²) < 4.78 is 5.39. The van der Waals surface area contributed by atoms with Crippen LogP contribution in [0.2, 0.25) is 0 Å². The minimum Gasteiger partial charge on any atom is -0.497 e. The van der Waals surface area contributed by atoms with Crippen molar-refractivity contribution in [2.45, 2.75) is 33.2 Å². The lowest BCUT2D eigenvalue weighted by atomic mass is 10.0. The molecule has 1 atom stereocenters. The Morgan fingerprint density at radius 1 is 1.16 bits per heavy atom. The molecule has 6 heteroatoms. The second kappa shape index (κ2) is 11.1. The van der Waals surface area contributed by atoms with E-state index in [0.717, 1.165) is 40.7 Å². The number of rotatable bonds is 10. The largest absolute Gasteiger partial charge is 0.497 e. The smallest absolute Gasteiger partial charge is 0.226 e. The molecule has 1 amide bonds. The molecule has 0 saturated carbocycles. The maximum Gasteiger partial charge on any atom is 0.226 e. The molecule has 0 radical (unpaired) electrons. The molecule has 31 heavy (non-hydrogen) atoms. The number of carbonyl (C=O) groups excluding carboxylic acids is 1. The van der Waals surface area contributed by atoms with Crippen molar-refractivity contribution in [2.75, 3.05) is 26.7 Å². The molecule has 1 heterocycles. The molecule has 0 spiro atoms. The maximum atomic E-state index is 12.7. The monoisotopic (exact) mass is 437 g/mol. The van der Waals surface area contributed by atoms with Crippen LogP contribution in [0.5, 0.6) is 5.75 Å². The molecule has 0 aliphatic carbocycles. The van der Waals surface area contributed by atoms with Gasteiger partial charge in [-0.2, -0.15) is 0 Å². The quantitative estimate of drug-likeness (QED) is 0.492. The van der Waals surface area contributed by atoms with E-state index in [1.165, 1.54) is 5.56 Å². The van der Waals surface area contributed by atoms with Gasteiger partial charge in [-0.25, -0.2) is 4.98 Å². The minimum absolute atomic E-state index is 0.0131. The lowest BCUT2D eigenvalue weighted by Crippen LogP contribution is -2.38. The molecule has 1 unspecified atom stereocenters. The predicted molar refractivity (Wildman–Crippen MR) is 128 cm³/mol. The number of nitrogens with one attached hydrogen (secondary N) is 1. The molecule has 0 bridgehead atoms. The fourth-order valence-corrected chi connectivity index (χ4v) is 4.45. The topological polar surface area (TPSA) is 54.5 Å². The van der Waals surface area contributed by atoms with Gasteiger partial charge in [-0.1, -0.05) is 55.8 Å². The van der Waals surface area contributed by atoms with E-state index in [9.17, 15) is 4.79 Å². The van der Waals surface area contributed by atoms with Crippen molar-refractivity contribution in [1.82, 2.24) is 15.2 Å². The highest BCUT2D eigenvalue weighted by atomic mass is 32.1. The molecule has 0 fully saturated rings. The van der Waals surface area contributed by atoms with Gasteiger partial charge in [0.05, 0.1) is 25.3 Å². The van der Waals surface area contributed by atoms with Crippen molar-refractivity contribution < 1.29 is 9.53 Å². The zero-order valence-electron chi connectivity index (χ0n) is 18.7. The Kier molecular flexibility index (Phi) is 8.20. The van der Waals surface area contributed by atoms with Gasteiger partial charge in [-0.05, 0) is 37.7 Å². The molecule has 5 nitrogen and oxygen atoms in total. The summed E-state index contributed by atoms with van der Waals surface area (Å²) in [6, 6.07) is 16.5. The summed E-state index contributed by atoms with van der Waals surface area (Å²) in [6.45, 7) is 8.70. The Balaban J connectivity index is 1.65. The van der Waals surface area contributed by atoms with Crippen molar-refractivity contribution >= 4 is 17.2 Å². The van der Waals surface area contributed by atoms with Gasteiger partial charge in [0.25, 0.3) is 0 Å². The molecule has 2 aromatic carbocycles. The Morgan fingerprint density at radius 2 is 1.90 bits per heavy atom. The normalized spacial score (nSPS) is 12.0. The Labute approximate surface area is 189 Å². The van der Waals surface area contributed by atoms with Gasteiger partial charge in [0.2, 0.25) is 5.91 Å². The number of carbonyl (C=O) groups is 1. The lowest BCUT2D eigenvalue weighted by molar-refractivity contribution is -0.120. The molecular formula is C25H31N3O2S. The Bertz CT molecular complexity index is 980. The van der Waals surface area contributed by atoms with E-state index in [4.69, 9.17) is 4.74 Å². The van der Waals surface area contributed by atoms with E-state index >= 15 is 0 Å². The van der Waals surface area contributed by atoms with Gasteiger partial charge >= 0.3 is 0 Å². The van der Waals surface area contributed by atoms with Gasteiger partial charge in [-0.15, -0.1) is 11.3 Å². The number of hydrogen-bond acceptors (Lipinski definition) is 5. The Hall–Kier alpha value is -2.70. The van der Waals surface area contributed by atoms with E-state index in [1.54, 1.807) is 18.4 Å². The van der Waals surface area contributed by atoms with Crippen LogP contribution < -0.4 is 10.1 Å². The summed E-state index contributed by atoms with van der Waals surface area (Å²) in [5, 5.41) is 6.03. The maximum absolute atomic E-state index is 12.7. The number of likely N-dealkylation sites (N-methyl/N-ethyl adjacent to an activating group) is 1. The molecule has 0 aliphatic rings. The number of methoxy groups -OCH3 is 1. The predicted octanol–water partition coefficient (Wildman–Crippen LogP) is 4.87. The SMILES string of the molecule is CCN(CC)C(CNC(=O)Cc1csc(-c2ccc(C)cc2)n1)c1cccc(OC)c1. The highest BCUT2D eigenvalue weighted by Gasteiger charge is 2.20. The van der Waals surface area contributed by atoms with Crippen LogP contribution in [-0.2, 0) is 11.2 Å². The van der Waals surface area contributed by atoms with Crippen LogP contribution in [0, 0.1) is 6.92 Å².